The first kappa shape index (κ1) is 14.7. The largest absolute Gasteiger partial charge is 0.480 e. The first-order valence-corrected chi connectivity index (χ1v) is 6.37. The highest BCUT2D eigenvalue weighted by molar-refractivity contribution is 5.83. The SMILES string of the molecule is C=CCOCCCC(=O)N1CCCC[C@@H]1C(=O)O. The molecule has 0 spiro atoms. The van der Waals surface area contributed by atoms with E-state index in [-0.39, 0.29) is 5.91 Å². The number of rotatable bonds is 7. The Bertz CT molecular complexity index is 303. The molecule has 0 aromatic rings. The molecular weight excluding hydrogens is 234 g/mol. The lowest BCUT2D eigenvalue weighted by Gasteiger charge is -2.33. The second-order valence-corrected chi connectivity index (χ2v) is 4.40. The summed E-state index contributed by atoms with van der Waals surface area (Å²) in [6, 6.07) is -0.639. The van der Waals surface area contributed by atoms with Crippen LogP contribution in [0.25, 0.3) is 0 Å². The summed E-state index contributed by atoms with van der Waals surface area (Å²) in [5.74, 6) is -0.977. The van der Waals surface area contributed by atoms with Crippen molar-refractivity contribution in [1.29, 1.82) is 0 Å². The number of carbonyl (C=O) groups is 2. The van der Waals surface area contributed by atoms with E-state index < -0.39 is 12.0 Å². The molecular formula is C13H21NO4. The van der Waals surface area contributed by atoms with E-state index in [1.807, 2.05) is 0 Å². The molecule has 0 bridgehead atoms. The third-order valence-electron chi connectivity index (χ3n) is 3.02. The van der Waals surface area contributed by atoms with E-state index in [0.717, 1.165) is 12.8 Å². The van der Waals surface area contributed by atoms with Crippen molar-refractivity contribution in [2.24, 2.45) is 0 Å². The maximum Gasteiger partial charge on any atom is 0.326 e. The molecule has 1 aliphatic heterocycles. The van der Waals surface area contributed by atoms with Gasteiger partial charge in [-0.15, -0.1) is 6.58 Å². The first-order chi connectivity index (χ1) is 8.66. The molecule has 1 saturated heterocycles. The maximum atomic E-state index is 11.9. The Hall–Kier alpha value is -1.36. The summed E-state index contributed by atoms with van der Waals surface area (Å²) in [6.45, 7) is 5.07. The van der Waals surface area contributed by atoms with Gasteiger partial charge in [0.1, 0.15) is 6.04 Å². The number of carboxylic acids is 1. The monoisotopic (exact) mass is 255 g/mol. The van der Waals surface area contributed by atoms with Gasteiger partial charge in [0.2, 0.25) is 5.91 Å². The van der Waals surface area contributed by atoms with E-state index in [0.29, 0.717) is 39.0 Å². The van der Waals surface area contributed by atoms with Gasteiger partial charge in [-0.2, -0.15) is 0 Å². The van der Waals surface area contributed by atoms with Crippen molar-refractivity contribution in [3.63, 3.8) is 0 Å². The summed E-state index contributed by atoms with van der Waals surface area (Å²) in [6.07, 6.45) is 4.96. The zero-order chi connectivity index (χ0) is 13.4. The molecule has 1 aliphatic rings. The van der Waals surface area contributed by atoms with Crippen LogP contribution in [-0.2, 0) is 14.3 Å². The van der Waals surface area contributed by atoms with Crippen LogP contribution < -0.4 is 0 Å². The van der Waals surface area contributed by atoms with Crippen molar-refractivity contribution < 1.29 is 19.4 Å². The molecule has 1 rings (SSSR count). The Balaban J connectivity index is 2.34. The van der Waals surface area contributed by atoms with E-state index in [1.54, 1.807) is 6.08 Å². The van der Waals surface area contributed by atoms with Crippen LogP contribution in [-0.4, -0.2) is 47.7 Å². The summed E-state index contributed by atoms with van der Waals surface area (Å²) >= 11 is 0. The van der Waals surface area contributed by atoms with Gasteiger partial charge in [-0.25, -0.2) is 4.79 Å². The Labute approximate surface area is 107 Å². The Kier molecular flexibility index (Phi) is 6.43. The Morgan fingerprint density at radius 1 is 1.44 bits per heavy atom. The lowest BCUT2D eigenvalue weighted by Crippen LogP contribution is -2.47. The Morgan fingerprint density at radius 2 is 2.22 bits per heavy atom. The van der Waals surface area contributed by atoms with Crippen molar-refractivity contribution in [3.05, 3.63) is 12.7 Å². The van der Waals surface area contributed by atoms with Crippen molar-refractivity contribution in [3.8, 4) is 0 Å². The molecule has 1 heterocycles. The highest BCUT2D eigenvalue weighted by Crippen LogP contribution is 2.18. The zero-order valence-corrected chi connectivity index (χ0v) is 10.6. The van der Waals surface area contributed by atoms with Crippen LogP contribution in [0, 0.1) is 0 Å². The lowest BCUT2D eigenvalue weighted by molar-refractivity contribution is -0.152. The van der Waals surface area contributed by atoms with Crippen LogP contribution in [0.2, 0.25) is 0 Å². The zero-order valence-electron chi connectivity index (χ0n) is 10.6. The predicted molar refractivity (Wildman–Crippen MR) is 67.2 cm³/mol. The molecule has 0 saturated carbocycles. The molecule has 1 amide bonds. The normalized spacial score (nSPS) is 19.6. The van der Waals surface area contributed by atoms with Crippen LogP contribution >= 0.6 is 0 Å². The smallest absolute Gasteiger partial charge is 0.326 e. The highest BCUT2D eigenvalue weighted by atomic mass is 16.5. The van der Waals surface area contributed by atoms with Crippen molar-refractivity contribution >= 4 is 11.9 Å². The second kappa shape index (κ2) is 7.87. The van der Waals surface area contributed by atoms with Gasteiger partial charge in [-0.3, -0.25) is 4.79 Å². The quantitative estimate of drug-likeness (QED) is 0.552. The van der Waals surface area contributed by atoms with E-state index in [2.05, 4.69) is 6.58 Å². The van der Waals surface area contributed by atoms with E-state index >= 15 is 0 Å². The van der Waals surface area contributed by atoms with Gasteiger partial charge in [0.05, 0.1) is 6.61 Å². The minimum atomic E-state index is -0.897. The van der Waals surface area contributed by atoms with Gasteiger partial charge in [0.25, 0.3) is 0 Å². The fourth-order valence-electron chi connectivity index (χ4n) is 2.12. The molecule has 1 N–H and O–H groups in total. The van der Waals surface area contributed by atoms with Crippen LogP contribution in [0.5, 0.6) is 0 Å². The molecule has 5 heteroatoms. The van der Waals surface area contributed by atoms with Crippen LogP contribution in [0.1, 0.15) is 32.1 Å². The maximum absolute atomic E-state index is 11.9. The first-order valence-electron chi connectivity index (χ1n) is 6.37. The van der Waals surface area contributed by atoms with Gasteiger partial charge in [0, 0.05) is 19.6 Å². The van der Waals surface area contributed by atoms with Gasteiger partial charge < -0.3 is 14.7 Å². The van der Waals surface area contributed by atoms with Gasteiger partial charge >= 0.3 is 5.97 Å². The summed E-state index contributed by atoms with van der Waals surface area (Å²) in [5.41, 5.74) is 0. The molecule has 5 nitrogen and oxygen atoms in total. The number of piperidine rings is 1. The molecule has 0 aromatic carbocycles. The minimum absolute atomic E-state index is 0.0793. The molecule has 0 unspecified atom stereocenters. The molecule has 0 aromatic heterocycles. The molecule has 1 fully saturated rings. The molecule has 102 valence electrons. The summed E-state index contributed by atoms with van der Waals surface area (Å²) in [4.78, 5) is 24.5. The van der Waals surface area contributed by atoms with Gasteiger partial charge in [-0.1, -0.05) is 6.08 Å². The molecule has 1 atom stereocenters. The van der Waals surface area contributed by atoms with Crippen LogP contribution in [0.3, 0.4) is 0 Å². The number of likely N-dealkylation sites (tertiary alicyclic amines) is 1. The number of carbonyl (C=O) groups excluding carboxylic acids is 1. The van der Waals surface area contributed by atoms with Crippen molar-refractivity contribution in [2.45, 2.75) is 38.1 Å². The Morgan fingerprint density at radius 3 is 2.89 bits per heavy atom. The lowest BCUT2D eigenvalue weighted by atomic mass is 10.0. The van der Waals surface area contributed by atoms with E-state index in [9.17, 15) is 9.59 Å². The van der Waals surface area contributed by atoms with E-state index in [4.69, 9.17) is 9.84 Å². The average Bonchev–Trinajstić information content (AvgIpc) is 2.38. The standard InChI is InChI=1S/C13H21NO4/c1-2-9-18-10-5-7-12(15)14-8-4-3-6-11(14)13(16)17/h2,11H,1,3-10H2,(H,16,17)/t11-/m1/s1. The van der Waals surface area contributed by atoms with Crippen LogP contribution in [0.4, 0.5) is 0 Å². The number of nitrogens with zero attached hydrogens (tertiary/aromatic N) is 1. The number of hydrogen-bond donors (Lipinski definition) is 1. The minimum Gasteiger partial charge on any atom is -0.480 e. The number of amides is 1. The van der Waals surface area contributed by atoms with Crippen LogP contribution in [0.15, 0.2) is 12.7 Å². The van der Waals surface area contributed by atoms with Crippen molar-refractivity contribution in [1.82, 2.24) is 4.90 Å². The number of carboxylic acid groups (broad SMARTS) is 1. The van der Waals surface area contributed by atoms with Gasteiger partial charge in [-0.05, 0) is 25.7 Å². The fraction of sp³-hybridized carbons (Fsp3) is 0.692. The highest BCUT2D eigenvalue weighted by Gasteiger charge is 2.31. The predicted octanol–water partition coefficient (Wildman–Crippen LogP) is 1.43. The molecule has 0 radical (unpaired) electrons. The number of aliphatic carboxylic acids is 1. The fourth-order valence-corrected chi connectivity index (χ4v) is 2.12. The van der Waals surface area contributed by atoms with Gasteiger partial charge in [0.15, 0.2) is 0 Å². The average molecular weight is 255 g/mol. The van der Waals surface area contributed by atoms with E-state index in [1.165, 1.54) is 4.90 Å². The van der Waals surface area contributed by atoms with Crippen molar-refractivity contribution in [2.75, 3.05) is 19.8 Å². The third-order valence-corrected chi connectivity index (χ3v) is 3.02. The second-order valence-electron chi connectivity index (χ2n) is 4.40. The summed E-state index contributed by atoms with van der Waals surface area (Å²) < 4.78 is 5.19. The third kappa shape index (κ3) is 4.49. The molecule has 0 aliphatic carbocycles. The number of ether oxygens (including phenoxy) is 1. The molecule has 18 heavy (non-hydrogen) atoms. The number of hydrogen-bond acceptors (Lipinski definition) is 3. The summed E-state index contributed by atoms with van der Waals surface area (Å²) in [7, 11) is 0. The summed E-state index contributed by atoms with van der Waals surface area (Å²) in [5, 5.41) is 9.07. The topological polar surface area (TPSA) is 66.8 Å².